The zero-order chi connectivity index (χ0) is 11.5. The molecule has 0 fully saturated rings. The predicted molar refractivity (Wildman–Crippen MR) is 63.7 cm³/mol. The number of ether oxygens (including phenoxy) is 1. The second-order valence-electron chi connectivity index (χ2n) is 3.62. The van der Waals surface area contributed by atoms with E-state index in [1.807, 2.05) is 42.9 Å². The Labute approximate surface area is 99.6 Å². The number of benzene rings is 1. The summed E-state index contributed by atoms with van der Waals surface area (Å²) in [7, 11) is 1.91. The molecule has 0 aliphatic rings. The van der Waals surface area contributed by atoms with Gasteiger partial charge in [0.2, 0.25) is 0 Å². The molecule has 1 aromatic carbocycles. The first kappa shape index (κ1) is 11.0. The third-order valence-corrected chi connectivity index (χ3v) is 2.69. The van der Waals surface area contributed by atoms with Gasteiger partial charge in [-0.2, -0.15) is 5.10 Å². The van der Waals surface area contributed by atoms with Crippen molar-refractivity contribution in [3.05, 3.63) is 46.7 Å². The van der Waals surface area contributed by atoms with Gasteiger partial charge >= 0.3 is 0 Å². The first-order valence-electron chi connectivity index (χ1n) is 5.03. The van der Waals surface area contributed by atoms with Crippen molar-refractivity contribution in [1.29, 1.82) is 0 Å². The lowest BCUT2D eigenvalue weighted by atomic mass is 10.3. The minimum atomic E-state index is 0.436. The standard InChI is InChI=1S/C12H13ClN2O/c1-9-7-10(14-15(9)2)8-16-12-6-4-3-5-11(12)13/h3-7H,8H2,1-2H3. The maximum atomic E-state index is 5.98. The Balaban J connectivity index is 2.05. The van der Waals surface area contributed by atoms with Crippen LogP contribution < -0.4 is 4.74 Å². The molecule has 3 nitrogen and oxygen atoms in total. The predicted octanol–water partition coefficient (Wildman–Crippen LogP) is 2.96. The molecule has 2 rings (SSSR count). The number of hydrogen-bond acceptors (Lipinski definition) is 2. The Morgan fingerprint density at radius 3 is 2.75 bits per heavy atom. The van der Waals surface area contributed by atoms with Crippen molar-refractivity contribution in [2.75, 3.05) is 0 Å². The number of aryl methyl sites for hydroxylation is 2. The topological polar surface area (TPSA) is 27.1 Å². The molecular weight excluding hydrogens is 224 g/mol. The molecule has 0 radical (unpaired) electrons. The molecule has 1 aromatic heterocycles. The monoisotopic (exact) mass is 236 g/mol. The number of rotatable bonds is 3. The largest absolute Gasteiger partial charge is 0.486 e. The summed E-state index contributed by atoms with van der Waals surface area (Å²) in [6, 6.07) is 9.42. The van der Waals surface area contributed by atoms with Gasteiger partial charge in [-0.25, -0.2) is 0 Å². The molecule has 2 aromatic rings. The van der Waals surface area contributed by atoms with Gasteiger partial charge in [-0.1, -0.05) is 23.7 Å². The van der Waals surface area contributed by atoms with Crippen LogP contribution in [0.5, 0.6) is 5.75 Å². The molecule has 84 valence electrons. The van der Waals surface area contributed by atoms with Crippen LogP contribution in [0.2, 0.25) is 5.02 Å². The molecule has 1 heterocycles. The Kier molecular flexibility index (Phi) is 3.15. The average molecular weight is 237 g/mol. The summed E-state index contributed by atoms with van der Waals surface area (Å²) in [4.78, 5) is 0. The Morgan fingerprint density at radius 2 is 2.12 bits per heavy atom. The van der Waals surface area contributed by atoms with Crippen molar-refractivity contribution < 1.29 is 4.74 Å². The van der Waals surface area contributed by atoms with Crippen LogP contribution in [0.1, 0.15) is 11.4 Å². The van der Waals surface area contributed by atoms with Gasteiger partial charge in [-0.05, 0) is 25.1 Å². The summed E-state index contributed by atoms with van der Waals surface area (Å²) >= 11 is 5.98. The first-order valence-corrected chi connectivity index (χ1v) is 5.41. The van der Waals surface area contributed by atoms with Crippen LogP contribution in [0.4, 0.5) is 0 Å². The third-order valence-electron chi connectivity index (χ3n) is 2.38. The number of halogens is 1. The second-order valence-corrected chi connectivity index (χ2v) is 4.03. The van der Waals surface area contributed by atoms with E-state index in [0.29, 0.717) is 17.4 Å². The zero-order valence-corrected chi connectivity index (χ0v) is 10.0. The van der Waals surface area contributed by atoms with Gasteiger partial charge in [-0.3, -0.25) is 4.68 Å². The fourth-order valence-electron chi connectivity index (χ4n) is 1.42. The van der Waals surface area contributed by atoms with Gasteiger partial charge in [0, 0.05) is 12.7 Å². The molecule has 0 N–H and O–H groups in total. The van der Waals surface area contributed by atoms with Crippen molar-refractivity contribution in [3.8, 4) is 5.75 Å². The van der Waals surface area contributed by atoms with E-state index in [1.165, 1.54) is 0 Å². The van der Waals surface area contributed by atoms with E-state index in [0.717, 1.165) is 11.4 Å². The SMILES string of the molecule is Cc1cc(COc2ccccc2Cl)nn1C. The molecule has 4 heteroatoms. The maximum Gasteiger partial charge on any atom is 0.138 e. The van der Waals surface area contributed by atoms with Crippen LogP contribution in [0, 0.1) is 6.92 Å². The lowest BCUT2D eigenvalue weighted by molar-refractivity contribution is 0.300. The molecule has 0 bridgehead atoms. The van der Waals surface area contributed by atoms with E-state index in [1.54, 1.807) is 6.07 Å². The van der Waals surface area contributed by atoms with Crippen LogP contribution in [0.3, 0.4) is 0 Å². The lowest BCUT2D eigenvalue weighted by Crippen LogP contribution is -1.98. The number of hydrogen-bond donors (Lipinski definition) is 0. The van der Waals surface area contributed by atoms with Crippen LogP contribution >= 0.6 is 11.6 Å². The van der Waals surface area contributed by atoms with E-state index < -0.39 is 0 Å². The number of nitrogens with zero attached hydrogens (tertiary/aromatic N) is 2. The van der Waals surface area contributed by atoms with Crippen molar-refractivity contribution in [2.24, 2.45) is 7.05 Å². The normalized spacial score (nSPS) is 10.4. The molecule has 0 saturated carbocycles. The van der Waals surface area contributed by atoms with Crippen molar-refractivity contribution in [2.45, 2.75) is 13.5 Å². The highest BCUT2D eigenvalue weighted by Crippen LogP contribution is 2.23. The fraction of sp³-hybridized carbons (Fsp3) is 0.250. The Morgan fingerprint density at radius 1 is 1.38 bits per heavy atom. The lowest BCUT2D eigenvalue weighted by Gasteiger charge is -2.05. The highest BCUT2D eigenvalue weighted by molar-refractivity contribution is 6.32. The Hall–Kier alpha value is -1.48. The van der Waals surface area contributed by atoms with Crippen molar-refractivity contribution >= 4 is 11.6 Å². The summed E-state index contributed by atoms with van der Waals surface area (Å²) in [6.45, 7) is 2.44. The van der Waals surface area contributed by atoms with Gasteiger partial charge in [0.25, 0.3) is 0 Å². The zero-order valence-electron chi connectivity index (χ0n) is 9.27. The summed E-state index contributed by atoms with van der Waals surface area (Å²) in [5.41, 5.74) is 2.01. The fourth-order valence-corrected chi connectivity index (χ4v) is 1.61. The molecule has 0 spiro atoms. The molecular formula is C12H13ClN2O. The first-order chi connectivity index (χ1) is 7.66. The van der Waals surface area contributed by atoms with E-state index in [2.05, 4.69) is 5.10 Å². The van der Waals surface area contributed by atoms with Crippen LogP contribution in [0.15, 0.2) is 30.3 Å². The molecule has 0 atom stereocenters. The molecule has 0 amide bonds. The van der Waals surface area contributed by atoms with Gasteiger partial charge in [0.05, 0.1) is 5.02 Å². The van der Waals surface area contributed by atoms with E-state index in [4.69, 9.17) is 16.3 Å². The minimum absolute atomic E-state index is 0.436. The van der Waals surface area contributed by atoms with Crippen LogP contribution in [-0.4, -0.2) is 9.78 Å². The average Bonchev–Trinajstić information content (AvgIpc) is 2.57. The molecule has 0 aliphatic heterocycles. The molecule has 0 aliphatic carbocycles. The highest BCUT2D eigenvalue weighted by atomic mass is 35.5. The summed E-state index contributed by atoms with van der Waals surface area (Å²) in [5.74, 6) is 0.687. The number of aromatic nitrogens is 2. The van der Waals surface area contributed by atoms with Crippen molar-refractivity contribution in [3.63, 3.8) is 0 Å². The van der Waals surface area contributed by atoms with Gasteiger partial charge in [0.1, 0.15) is 18.1 Å². The Bertz CT molecular complexity index is 474. The highest BCUT2D eigenvalue weighted by Gasteiger charge is 2.04. The maximum absolute atomic E-state index is 5.98. The van der Waals surface area contributed by atoms with Crippen LogP contribution in [0.25, 0.3) is 0 Å². The summed E-state index contributed by atoms with van der Waals surface area (Å²) in [5, 5.41) is 4.92. The van der Waals surface area contributed by atoms with Crippen LogP contribution in [-0.2, 0) is 13.7 Å². The van der Waals surface area contributed by atoms with Gasteiger partial charge in [0.15, 0.2) is 0 Å². The van der Waals surface area contributed by atoms with Crippen molar-refractivity contribution in [1.82, 2.24) is 9.78 Å². The number of para-hydroxylation sites is 1. The van der Waals surface area contributed by atoms with E-state index in [9.17, 15) is 0 Å². The second kappa shape index (κ2) is 4.58. The summed E-state index contributed by atoms with van der Waals surface area (Å²) < 4.78 is 7.41. The molecule has 0 unspecified atom stereocenters. The summed E-state index contributed by atoms with van der Waals surface area (Å²) in [6.07, 6.45) is 0. The van der Waals surface area contributed by atoms with Gasteiger partial charge < -0.3 is 4.74 Å². The third kappa shape index (κ3) is 2.36. The molecule has 0 saturated heterocycles. The van der Waals surface area contributed by atoms with Gasteiger partial charge in [-0.15, -0.1) is 0 Å². The smallest absolute Gasteiger partial charge is 0.138 e. The molecule has 16 heavy (non-hydrogen) atoms. The minimum Gasteiger partial charge on any atom is -0.486 e. The van der Waals surface area contributed by atoms with E-state index >= 15 is 0 Å². The quantitative estimate of drug-likeness (QED) is 0.819. The van der Waals surface area contributed by atoms with E-state index in [-0.39, 0.29) is 0 Å².